The minimum absolute atomic E-state index is 0.0595. The monoisotopic (exact) mass is 436 g/mol. The number of hydrogen-bond acceptors (Lipinski definition) is 4. The number of ketones is 1. The Morgan fingerprint density at radius 2 is 2.03 bits per heavy atom. The highest BCUT2D eigenvalue weighted by molar-refractivity contribution is 5.96. The van der Waals surface area contributed by atoms with E-state index >= 15 is 0 Å². The first-order valence-corrected chi connectivity index (χ1v) is 10.2. The molecule has 0 N–H and O–H groups in total. The second-order valence-corrected chi connectivity index (χ2v) is 8.21. The zero-order chi connectivity index (χ0) is 22.4. The summed E-state index contributed by atoms with van der Waals surface area (Å²) in [5.74, 6) is 1.35. The van der Waals surface area contributed by atoms with Crippen molar-refractivity contribution < 1.29 is 36.7 Å². The lowest BCUT2D eigenvalue weighted by atomic mass is 9.85. The average molecular weight is 436 g/mol. The number of fused-ring (bicyclic) bond motifs is 2. The predicted octanol–water partition coefficient (Wildman–Crippen LogP) is 4.78. The molecule has 0 spiro atoms. The van der Waals surface area contributed by atoms with Gasteiger partial charge in [-0.15, -0.1) is 0 Å². The topological polar surface area (TPSA) is 44.8 Å². The standard InChI is InChI=1S/C23H25F3NO4/c1-4-27(2)9-8-15-11-19-21(31-13-30-19)22(29-3)20(15)17(27)12-18(28)14-6-5-7-16(10-14)23(24,25)26/h5-7,10-11,17H,4,8-9,12-13H2,1-3H3/q+1. The summed E-state index contributed by atoms with van der Waals surface area (Å²) in [4.78, 5) is 13.2. The largest absolute Gasteiger partial charge is 0.492 e. The fraction of sp³-hybridized carbons (Fsp3) is 0.435. The molecular formula is C23H25F3NO4+. The molecule has 0 saturated heterocycles. The lowest BCUT2D eigenvalue weighted by Gasteiger charge is -2.45. The molecule has 8 heteroatoms. The van der Waals surface area contributed by atoms with Crippen LogP contribution in [0.5, 0.6) is 17.2 Å². The summed E-state index contributed by atoms with van der Waals surface area (Å²) >= 11 is 0. The molecule has 0 bridgehead atoms. The van der Waals surface area contributed by atoms with E-state index in [-0.39, 0.29) is 30.6 Å². The maximum absolute atomic E-state index is 13.2. The third-order valence-corrected chi connectivity index (χ3v) is 6.54. The van der Waals surface area contributed by atoms with E-state index in [1.165, 1.54) is 12.1 Å². The summed E-state index contributed by atoms with van der Waals surface area (Å²) < 4.78 is 56.8. The molecule has 0 fully saturated rings. The zero-order valence-electron chi connectivity index (χ0n) is 17.7. The van der Waals surface area contributed by atoms with Crippen LogP contribution >= 0.6 is 0 Å². The molecule has 0 amide bonds. The number of halogens is 3. The van der Waals surface area contributed by atoms with Gasteiger partial charge in [0, 0.05) is 12.0 Å². The van der Waals surface area contributed by atoms with Gasteiger partial charge < -0.3 is 18.7 Å². The molecule has 0 aromatic heterocycles. The van der Waals surface area contributed by atoms with Crippen LogP contribution in [0.2, 0.25) is 0 Å². The van der Waals surface area contributed by atoms with E-state index in [0.717, 1.165) is 42.8 Å². The van der Waals surface area contributed by atoms with Crippen molar-refractivity contribution >= 4 is 5.78 Å². The quantitative estimate of drug-likeness (QED) is 0.500. The van der Waals surface area contributed by atoms with Crippen molar-refractivity contribution in [2.45, 2.75) is 32.0 Å². The van der Waals surface area contributed by atoms with Gasteiger partial charge in [0.15, 0.2) is 17.3 Å². The lowest BCUT2D eigenvalue weighted by Crippen LogP contribution is -2.51. The van der Waals surface area contributed by atoms with Gasteiger partial charge in [-0.1, -0.05) is 12.1 Å². The van der Waals surface area contributed by atoms with Crippen molar-refractivity contribution in [3.63, 3.8) is 0 Å². The molecule has 0 saturated carbocycles. The minimum Gasteiger partial charge on any atom is -0.492 e. The van der Waals surface area contributed by atoms with Crippen molar-refractivity contribution in [3.05, 3.63) is 52.6 Å². The molecule has 31 heavy (non-hydrogen) atoms. The van der Waals surface area contributed by atoms with Gasteiger partial charge in [-0.05, 0) is 30.7 Å². The highest BCUT2D eigenvalue weighted by atomic mass is 19.4. The maximum Gasteiger partial charge on any atom is 0.416 e. The van der Waals surface area contributed by atoms with Crippen molar-refractivity contribution in [2.75, 3.05) is 34.0 Å². The van der Waals surface area contributed by atoms with Crippen molar-refractivity contribution in [1.82, 2.24) is 0 Å². The van der Waals surface area contributed by atoms with Crippen molar-refractivity contribution in [1.29, 1.82) is 0 Å². The van der Waals surface area contributed by atoms with Gasteiger partial charge in [0.1, 0.15) is 6.04 Å². The van der Waals surface area contributed by atoms with E-state index in [4.69, 9.17) is 14.2 Å². The van der Waals surface area contributed by atoms with Crippen LogP contribution < -0.4 is 14.2 Å². The van der Waals surface area contributed by atoms with E-state index in [0.29, 0.717) is 21.7 Å². The Morgan fingerprint density at radius 3 is 2.71 bits per heavy atom. The van der Waals surface area contributed by atoms with Crippen LogP contribution in [0, 0.1) is 0 Å². The molecule has 0 radical (unpaired) electrons. The first kappa shape index (κ1) is 21.5. The van der Waals surface area contributed by atoms with Crippen LogP contribution in [-0.4, -0.2) is 44.3 Å². The molecular weight excluding hydrogens is 411 g/mol. The summed E-state index contributed by atoms with van der Waals surface area (Å²) in [6, 6.07) is 6.27. The number of carbonyl (C=O) groups excluding carboxylic acids is 1. The SMILES string of the molecule is CC[N+]1(C)CCc2cc3c(c(OC)c2C1CC(=O)c1cccc(C(F)(F)F)c1)OCO3. The molecule has 2 aromatic rings. The molecule has 2 atom stereocenters. The third-order valence-electron chi connectivity index (χ3n) is 6.54. The molecule has 2 aliphatic heterocycles. The van der Waals surface area contributed by atoms with Crippen molar-refractivity contribution in [2.24, 2.45) is 0 Å². The molecule has 2 aromatic carbocycles. The van der Waals surface area contributed by atoms with Gasteiger partial charge in [-0.3, -0.25) is 4.79 Å². The number of alkyl halides is 3. The van der Waals surface area contributed by atoms with Crippen LogP contribution in [-0.2, 0) is 12.6 Å². The van der Waals surface area contributed by atoms with E-state index in [1.54, 1.807) is 7.11 Å². The predicted molar refractivity (Wildman–Crippen MR) is 108 cm³/mol. The van der Waals surface area contributed by atoms with Gasteiger partial charge in [0.05, 0.1) is 44.8 Å². The fourth-order valence-corrected chi connectivity index (χ4v) is 4.56. The Labute approximate surface area is 178 Å². The number of rotatable bonds is 5. The number of hydrogen-bond donors (Lipinski definition) is 0. The highest BCUT2D eigenvalue weighted by Crippen LogP contribution is 2.51. The van der Waals surface area contributed by atoms with Gasteiger partial charge in [0.2, 0.25) is 12.5 Å². The number of ether oxygens (including phenoxy) is 3. The van der Waals surface area contributed by atoms with Crippen LogP contribution in [0.1, 0.15) is 46.4 Å². The molecule has 2 unspecified atom stereocenters. The minimum atomic E-state index is -4.50. The van der Waals surface area contributed by atoms with E-state index in [1.807, 2.05) is 13.0 Å². The summed E-state index contributed by atoms with van der Waals surface area (Å²) in [5, 5.41) is 0. The van der Waals surface area contributed by atoms with E-state index < -0.39 is 11.7 Å². The Hall–Kier alpha value is -2.74. The number of methoxy groups -OCH3 is 1. The van der Waals surface area contributed by atoms with Gasteiger partial charge in [-0.25, -0.2) is 0 Å². The van der Waals surface area contributed by atoms with Gasteiger partial charge in [0.25, 0.3) is 0 Å². The summed E-state index contributed by atoms with van der Waals surface area (Å²) in [6.07, 6.45) is -3.65. The maximum atomic E-state index is 13.2. The van der Waals surface area contributed by atoms with Crippen LogP contribution in [0.3, 0.4) is 0 Å². The number of likely N-dealkylation sites (N-methyl/N-ethyl adjacent to an activating group) is 1. The van der Waals surface area contributed by atoms with Crippen LogP contribution in [0.15, 0.2) is 30.3 Å². The van der Waals surface area contributed by atoms with Gasteiger partial charge >= 0.3 is 6.18 Å². The molecule has 2 heterocycles. The second kappa shape index (κ2) is 7.75. The molecule has 166 valence electrons. The van der Waals surface area contributed by atoms with Crippen molar-refractivity contribution in [3.8, 4) is 17.2 Å². The molecule has 0 aliphatic carbocycles. The Balaban J connectivity index is 1.76. The Kier molecular flexibility index (Phi) is 5.37. The number of quaternary nitrogens is 1. The average Bonchev–Trinajstić information content (AvgIpc) is 3.22. The first-order valence-electron chi connectivity index (χ1n) is 10.2. The fourth-order valence-electron chi connectivity index (χ4n) is 4.56. The lowest BCUT2D eigenvalue weighted by molar-refractivity contribution is -0.939. The number of carbonyl (C=O) groups is 1. The zero-order valence-corrected chi connectivity index (χ0v) is 17.7. The Morgan fingerprint density at radius 1 is 1.26 bits per heavy atom. The smallest absolute Gasteiger partial charge is 0.416 e. The molecule has 4 rings (SSSR count). The molecule has 2 aliphatic rings. The van der Waals surface area contributed by atoms with Crippen LogP contribution in [0.4, 0.5) is 13.2 Å². The Bertz CT molecular complexity index is 1020. The van der Waals surface area contributed by atoms with Crippen LogP contribution in [0.25, 0.3) is 0 Å². The second-order valence-electron chi connectivity index (χ2n) is 8.21. The summed E-state index contributed by atoms with van der Waals surface area (Å²) in [7, 11) is 3.62. The summed E-state index contributed by atoms with van der Waals surface area (Å²) in [6.45, 7) is 3.71. The van der Waals surface area contributed by atoms with E-state index in [2.05, 4.69) is 7.05 Å². The number of nitrogens with zero attached hydrogens (tertiary/aromatic N) is 1. The van der Waals surface area contributed by atoms with E-state index in [9.17, 15) is 18.0 Å². The first-order chi connectivity index (χ1) is 14.7. The molecule has 5 nitrogen and oxygen atoms in total. The highest BCUT2D eigenvalue weighted by Gasteiger charge is 2.44. The third kappa shape index (κ3) is 3.73. The van der Waals surface area contributed by atoms with Gasteiger partial charge in [-0.2, -0.15) is 13.2 Å². The summed E-state index contributed by atoms with van der Waals surface area (Å²) in [5.41, 5.74) is 1.13. The normalized spacial score (nSPS) is 22.2. The number of benzene rings is 2. The number of Topliss-reactive ketones (excluding diaryl/α,β-unsaturated/α-hetero) is 1.